The lowest BCUT2D eigenvalue weighted by Crippen LogP contribution is -2.50. The molecular weight excluding hydrogens is 303 g/mol. The van der Waals surface area contributed by atoms with Gasteiger partial charge in [0.15, 0.2) is 0 Å². The lowest BCUT2D eigenvalue weighted by atomic mass is 9.76. The molecule has 2 aliphatic rings. The minimum Gasteiger partial charge on any atom is -0.349 e. The fraction of sp³-hybridized carbons (Fsp3) is 0.588. The van der Waals surface area contributed by atoms with E-state index in [1.54, 1.807) is 12.1 Å². The Kier molecular flexibility index (Phi) is 5.81. The van der Waals surface area contributed by atoms with Crippen LogP contribution in [0, 0.1) is 23.6 Å². The van der Waals surface area contributed by atoms with Crippen molar-refractivity contribution in [2.75, 3.05) is 13.1 Å². The van der Waals surface area contributed by atoms with Crippen LogP contribution in [0.3, 0.4) is 0 Å². The Morgan fingerprint density at radius 3 is 2.32 bits per heavy atom. The highest BCUT2D eigenvalue weighted by Crippen LogP contribution is 2.38. The molecule has 3 rings (SSSR count). The molecule has 1 saturated carbocycles. The van der Waals surface area contributed by atoms with Gasteiger partial charge < -0.3 is 10.6 Å². The monoisotopic (exact) mass is 326 g/mol. The summed E-state index contributed by atoms with van der Waals surface area (Å²) < 4.78 is 13.1. The molecule has 2 unspecified atom stereocenters. The topological polar surface area (TPSA) is 41.1 Å². The van der Waals surface area contributed by atoms with E-state index in [2.05, 4.69) is 10.6 Å². The number of carbonyl (C=O) groups excluding carboxylic acids is 1. The van der Waals surface area contributed by atoms with Crippen LogP contribution in [-0.4, -0.2) is 19.0 Å². The zero-order valence-corrected chi connectivity index (χ0v) is 13.7. The summed E-state index contributed by atoms with van der Waals surface area (Å²) in [6.45, 7) is 3.86. The highest BCUT2D eigenvalue weighted by Gasteiger charge is 2.34. The van der Waals surface area contributed by atoms with E-state index < -0.39 is 0 Å². The van der Waals surface area contributed by atoms with E-state index >= 15 is 0 Å². The number of carbonyl (C=O) groups is 1. The van der Waals surface area contributed by atoms with Gasteiger partial charge in [-0.15, -0.1) is 12.4 Å². The molecule has 1 aliphatic carbocycles. The van der Waals surface area contributed by atoms with Crippen LogP contribution in [0.25, 0.3) is 0 Å². The second kappa shape index (κ2) is 7.42. The molecule has 0 bridgehead atoms. The van der Waals surface area contributed by atoms with Gasteiger partial charge in [0.1, 0.15) is 5.82 Å². The maximum absolute atomic E-state index is 13.1. The van der Waals surface area contributed by atoms with Gasteiger partial charge in [-0.2, -0.15) is 0 Å². The number of benzene rings is 1. The van der Waals surface area contributed by atoms with Gasteiger partial charge in [0.25, 0.3) is 0 Å². The third kappa shape index (κ3) is 3.61. The Balaban J connectivity index is 0.00000176. The zero-order chi connectivity index (χ0) is 14.8. The molecule has 2 fully saturated rings. The molecule has 1 aliphatic heterocycles. The van der Waals surface area contributed by atoms with Gasteiger partial charge in [-0.3, -0.25) is 4.79 Å². The molecule has 2 N–H and O–H groups in total. The molecule has 3 nitrogen and oxygen atoms in total. The molecule has 5 heteroatoms. The van der Waals surface area contributed by atoms with Gasteiger partial charge in [-0.05, 0) is 55.5 Å². The van der Waals surface area contributed by atoms with Crippen LogP contribution in [-0.2, 0) is 4.79 Å². The first-order valence-corrected chi connectivity index (χ1v) is 7.91. The summed E-state index contributed by atoms with van der Waals surface area (Å²) in [5.74, 6) is 0.870. The predicted octanol–water partition coefficient (Wildman–Crippen LogP) is 3.06. The minimum absolute atomic E-state index is 0. The molecule has 22 heavy (non-hydrogen) atoms. The lowest BCUT2D eigenvalue weighted by Gasteiger charge is -2.37. The summed E-state index contributed by atoms with van der Waals surface area (Å²) in [7, 11) is 0. The van der Waals surface area contributed by atoms with Crippen molar-refractivity contribution < 1.29 is 9.18 Å². The van der Waals surface area contributed by atoms with Gasteiger partial charge in [0, 0.05) is 5.92 Å². The first kappa shape index (κ1) is 17.2. The van der Waals surface area contributed by atoms with Crippen LogP contribution < -0.4 is 10.6 Å². The Hall–Kier alpha value is -1.13. The van der Waals surface area contributed by atoms with E-state index in [9.17, 15) is 9.18 Å². The molecule has 1 amide bonds. The molecule has 0 spiro atoms. The van der Waals surface area contributed by atoms with Gasteiger partial charge >= 0.3 is 0 Å². The highest BCUT2D eigenvalue weighted by atomic mass is 35.5. The van der Waals surface area contributed by atoms with Crippen molar-refractivity contribution in [1.82, 2.24) is 10.6 Å². The molecule has 1 saturated heterocycles. The summed E-state index contributed by atoms with van der Waals surface area (Å²) in [4.78, 5) is 12.5. The number of nitrogens with one attached hydrogen (secondary N) is 2. The lowest BCUT2D eigenvalue weighted by molar-refractivity contribution is -0.128. The van der Waals surface area contributed by atoms with Crippen LogP contribution in [0.5, 0.6) is 0 Å². The van der Waals surface area contributed by atoms with Crippen LogP contribution in [0.4, 0.5) is 4.39 Å². The van der Waals surface area contributed by atoms with Crippen LogP contribution in [0.15, 0.2) is 24.3 Å². The summed E-state index contributed by atoms with van der Waals surface area (Å²) >= 11 is 0. The van der Waals surface area contributed by atoms with E-state index in [0.717, 1.165) is 31.5 Å². The quantitative estimate of drug-likeness (QED) is 0.873. The van der Waals surface area contributed by atoms with E-state index in [4.69, 9.17) is 0 Å². The number of amides is 1. The Bertz CT molecular complexity index is 500. The molecule has 2 atom stereocenters. The Morgan fingerprint density at radius 2 is 1.86 bits per heavy atom. The van der Waals surface area contributed by atoms with Crippen molar-refractivity contribution in [1.29, 1.82) is 0 Å². The van der Waals surface area contributed by atoms with Crippen molar-refractivity contribution in [2.45, 2.75) is 32.2 Å². The Labute approximate surface area is 137 Å². The average molecular weight is 327 g/mol. The first-order chi connectivity index (χ1) is 10.1. The highest BCUT2D eigenvalue weighted by molar-refractivity contribution is 5.85. The maximum Gasteiger partial charge on any atom is 0.223 e. The SMILES string of the molecule is CC(C(=O)NC(c1ccc(F)cc1)C1CCC1)C1CNC1.Cl. The molecule has 1 aromatic carbocycles. The number of halogens is 2. The zero-order valence-electron chi connectivity index (χ0n) is 12.8. The second-order valence-electron chi connectivity index (χ2n) is 6.44. The minimum atomic E-state index is -0.230. The normalized spacial score (nSPS) is 21.0. The summed E-state index contributed by atoms with van der Waals surface area (Å²) in [5.41, 5.74) is 1.02. The summed E-state index contributed by atoms with van der Waals surface area (Å²) in [6.07, 6.45) is 3.50. The van der Waals surface area contributed by atoms with Crippen molar-refractivity contribution in [2.24, 2.45) is 17.8 Å². The fourth-order valence-corrected chi connectivity index (χ4v) is 3.08. The molecule has 0 aromatic heterocycles. The standard InChI is InChI=1S/C17H23FN2O.ClH/c1-11(14-9-19-10-14)17(21)20-16(12-3-2-4-12)13-5-7-15(18)8-6-13;/h5-8,11-12,14,16,19H,2-4,9-10H2,1H3,(H,20,21);1H. The number of hydrogen-bond donors (Lipinski definition) is 2. The first-order valence-electron chi connectivity index (χ1n) is 7.91. The molecule has 122 valence electrons. The van der Waals surface area contributed by atoms with E-state index in [0.29, 0.717) is 11.8 Å². The van der Waals surface area contributed by atoms with Gasteiger partial charge in [-0.1, -0.05) is 25.5 Å². The molecular formula is C17H24ClFN2O. The number of rotatable bonds is 5. The van der Waals surface area contributed by atoms with Crippen molar-refractivity contribution in [3.8, 4) is 0 Å². The predicted molar refractivity (Wildman–Crippen MR) is 87.4 cm³/mol. The molecule has 1 heterocycles. The largest absolute Gasteiger partial charge is 0.349 e. The van der Waals surface area contributed by atoms with Crippen LogP contribution in [0.2, 0.25) is 0 Å². The average Bonchev–Trinajstić information content (AvgIpc) is 2.34. The fourth-order valence-electron chi connectivity index (χ4n) is 3.08. The summed E-state index contributed by atoms with van der Waals surface area (Å²) in [5, 5.41) is 6.43. The molecule has 1 aromatic rings. The van der Waals surface area contributed by atoms with Crippen LogP contribution >= 0.6 is 12.4 Å². The van der Waals surface area contributed by atoms with Crippen LogP contribution in [0.1, 0.15) is 37.8 Å². The van der Waals surface area contributed by atoms with Gasteiger partial charge in [0.2, 0.25) is 5.91 Å². The van der Waals surface area contributed by atoms with Gasteiger partial charge in [0.05, 0.1) is 6.04 Å². The van der Waals surface area contributed by atoms with Crippen molar-refractivity contribution >= 4 is 18.3 Å². The second-order valence-corrected chi connectivity index (χ2v) is 6.44. The third-order valence-electron chi connectivity index (χ3n) is 5.08. The third-order valence-corrected chi connectivity index (χ3v) is 5.08. The van der Waals surface area contributed by atoms with E-state index in [1.807, 2.05) is 6.92 Å². The Morgan fingerprint density at radius 1 is 1.23 bits per heavy atom. The maximum atomic E-state index is 13.1. The van der Waals surface area contributed by atoms with E-state index in [1.165, 1.54) is 18.6 Å². The summed E-state index contributed by atoms with van der Waals surface area (Å²) in [6, 6.07) is 6.59. The molecule has 0 radical (unpaired) electrons. The van der Waals surface area contributed by atoms with E-state index in [-0.39, 0.29) is 36.1 Å². The van der Waals surface area contributed by atoms with Crippen molar-refractivity contribution in [3.05, 3.63) is 35.6 Å². The number of hydrogen-bond acceptors (Lipinski definition) is 2. The smallest absolute Gasteiger partial charge is 0.223 e. The van der Waals surface area contributed by atoms with Gasteiger partial charge in [-0.25, -0.2) is 4.39 Å². The van der Waals surface area contributed by atoms with Crippen molar-refractivity contribution in [3.63, 3.8) is 0 Å².